The van der Waals surface area contributed by atoms with Crippen molar-refractivity contribution < 1.29 is 127 Å². The molecule has 18 rings (SSSR count). The van der Waals surface area contributed by atoms with Gasteiger partial charge in [-0.2, -0.15) is 42.4 Å². The van der Waals surface area contributed by atoms with E-state index in [4.69, 9.17) is 61.9 Å². The number of rotatable bonds is 22. The smallest absolute Gasteiger partial charge is 0.475 e. The number of aryl methyl sites for hydroxylation is 2. The summed E-state index contributed by atoms with van der Waals surface area (Å²) in [4.78, 5) is 130. The first-order valence-electron chi connectivity index (χ1n) is 42.0. The number of carbonyl (C=O) groups excluding carboxylic acids is 8. The number of carboxylic acid groups (broad SMARTS) is 1. The molecule has 684 valence electrons. The van der Waals surface area contributed by atoms with E-state index < -0.39 is 106 Å². The lowest BCUT2D eigenvalue weighted by Crippen LogP contribution is -2.48. The number of fused-ring (bicyclic) bond motifs is 12. The maximum atomic E-state index is 14.6. The summed E-state index contributed by atoms with van der Waals surface area (Å²) in [5.74, 6) is -2.81. The lowest BCUT2D eigenvalue weighted by molar-refractivity contribution is -0.335. The molecular formula is C80H108F4N18O23. The zero-order valence-corrected chi connectivity index (χ0v) is 71.8. The van der Waals surface area contributed by atoms with Crippen molar-refractivity contribution in [1.82, 2.24) is 86.0 Å². The first-order chi connectivity index (χ1) is 58.7. The molecule has 41 nitrogen and oxygen atoms in total. The van der Waals surface area contributed by atoms with E-state index in [0.717, 1.165) is 55.9 Å². The monoisotopic (exact) mass is 1760 g/mol. The third-order valence-corrected chi connectivity index (χ3v) is 24.0. The number of hydrogen-bond acceptors (Lipinski definition) is 31. The Labute approximate surface area is 715 Å². The molecule has 0 unspecified atom stereocenters. The van der Waals surface area contributed by atoms with Crippen LogP contribution in [0.1, 0.15) is 263 Å². The van der Waals surface area contributed by atoms with Crippen molar-refractivity contribution in [2.24, 2.45) is 27.4 Å². The van der Waals surface area contributed by atoms with Crippen molar-refractivity contribution in [1.29, 1.82) is 0 Å². The molecule has 9 saturated heterocycles. The lowest BCUT2D eigenvalue weighted by atomic mass is 9.85. The summed E-state index contributed by atoms with van der Waals surface area (Å²) in [5, 5.41) is 56.7. The van der Waals surface area contributed by atoms with Crippen LogP contribution in [-0.4, -0.2) is 243 Å². The summed E-state index contributed by atoms with van der Waals surface area (Å²) >= 11 is 0. The fourth-order valence-corrected chi connectivity index (χ4v) is 17.3. The van der Waals surface area contributed by atoms with Gasteiger partial charge in [-0.05, 0) is 200 Å². The third-order valence-electron chi connectivity index (χ3n) is 24.0. The number of aromatic nitrogens is 8. The summed E-state index contributed by atoms with van der Waals surface area (Å²) in [7, 11) is 0. The number of halogens is 4. The van der Waals surface area contributed by atoms with Crippen molar-refractivity contribution in [3.63, 3.8) is 0 Å². The number of benzene rings is 1. The summed E-state index contributed by atoms with van der Waals surface area (Å²) in [5.41, 5.74) is 2.68. The molecule has 125 heavy (non-hydrogen) atoms. The molecule has 9 amide bonds. The number of alkyl carbamates (subject to hydrolysis) is 1. The second-order valence-corrected chi connectivity index (χ2v) is 37.9. The van der Waals surface area contributed by atoms with Gasteiger partial charge in [0, 0.05) is 52.2 Å². The summed E-state index contributed by atoms with van der Waals surface area (Å²) in [6.07, 6.45) is 3.24. The number of nitrogens with two attached hydrogens (primary N) is 1. The number of urea groups is 4. The Morgan fingerprint density at radius 3 is 1.22 bits per heavy atom. The van der Waals surface area contributed by atoms with E-state index in [2.05, 4.69) is 50.9 Å². The van der Waals surface area contributed by atoms with Gasteiger partial charge in [0.15, 0.2) is 0 Å². The van der Waals surface area contributed by atoms with Crippen molar-refractivity contribution in [3.8, 4) is 0 Å². The molecule has 4 aliphatic carbocycles. The van der Waals surface area contributed by atoms with Crippen LogP contribution < -0.4 is 11.1 Å². The van der Waals surface area contributed by atoms with Gasteiger partial charge in [0.25, 0.3) is 0 Å². The molecule has 8 bridgehead atoms. The normalized spacial score (nSPS) is 24.8. The number of hydrogen-bond donors (Lipinski definition) is 4. The maximum absolute atomic E-state index is 14.6. The number of hydroxylamine groups is 8. The first-order valence-corrected chi connectivity index (χ1v) is 42.0. The van der Waals surface area contributed by atoms with Crippen molar-refractivity contribution in [2.45, 2.75) is 301 Å². The number of carboxylic acids is 1. The van der Waals surface area contributed by atoms with Gasteiger partial charge in [0.05, 0.1) is 50.1 Å². The highest BCUT2D eigenvalue weighted by atomic mass is 19.3. The predicted octanol–water partition coefficient (Wildman–Crippen LogP) is 10.4. The second-order valence-electron chi connectivity index (χ2n) is 37.9. The van der Waals surface area contributed by atoms with Gasteiger partial charge in [-0.1, -0.05) is 30.3 Å². The van der Waals surface area contributed by atoms with Gasteiger partial charge in [0.1, 0.15) is 53.2 Å². The highest BCUT2D eigenvalue weighted by molar-refractivity contribution is 5.81. The number of nitrogens with one attached hydrogen (secondary N) is 1. The summed E-state index contributed by atoms with van der Waals surface area (Å²) < 4.78 is 104. The Kier molecular flexibility index (Phi) is 24.9. The van der Waals surface area contributed by atoms with Crippen LogP contribution in [0, 0.1) is 21.7 Å². The van der Waals surface area contributed by atoms with Crippen LogP contribution >= 0.6 is 0 Å². The van der Waals surface area contributed by atoms with Crippen molar-refractivity contribution >= 4 is 54.1 Å². The molecule has 13 heterocycles. The largest absolute Gasteiger partial charge is 0.477 e. The molecule has 4 aromatic heterocycles. The predicted molar refractivity (Wildman–Crippen MR) is 412 cm³/mol. The average Bonchev–Trinajstić information content (AvgIpc) is 1.58. The highest BCUT2D eigenvalue weighted by Gasteiger charge is 2.70. The van der Waals surface area contributed by atoms with Crippen molar-refractivity contribution in [2.75, 3.05) is 39.4 Å². The molecule has 45 heteroatoms. The van der Waals surface area contributed by atoms with Gasteiger partial charge < -0.3 is 77.1 Å². The highest BCUT2D eigenvalue weighted by Crippen LogP contribution is 2.66. The van der Waals surface area contributed by atoms with Crippen LogP contribution in [0.25, 0.3) is 0 Å². The standard InChI is InChI=1S/C24H30N4O5.C22H31F2N5O7.C17H24N4O5.C13H15F2N5O5.C4H8O/c1-23(2,3)33-20(29)10-9-19-25-26-21(32-19)17-13-24(11-12-24)18-14-27(17)22(30)28(18)31-15-16-7-5-4-6-8-16;1-19(2,3)34-16(30)22(23,24)36-29-13-11-28(18(29)32)12(9-21(13)7-8-21)15-27-26-14(33-15)10-25-17(31)35-20(4,5)6;1-16(2,3)26-13(22)5-4-12-18-19-14(25-12)10-8-17(6-7-17)11-9-20(10)15(23)21(11)24;14-13(15,10(21)22)25-20-7-5-19(11(20)23)6(3-12(7)1-2-12)9-18-17-8(4-16)24-9;1-2-4-5-3-1/h4-8,17-18H,9-15H2,1-3H3;12-13H,7-11H2,1-6H3,(H,25,31);10-11,24H,4-9H2,1-3H3;6-7H,1-5,16H2,(H,21,22);1-4H2/t17-,18-;12-,13-;10-,11-;6-,7-;/m0000./s1. The molecule has 1 aromatic carbocycles. The van der Waals surface area contributed by atoms with E-state index in [-0.39, 0.29) is 116 Å². The second kappa shape index (κ2) is 34.3. The molecule has 5 aromatic rings. The van der Waals surface area contributed by atoms with Crippen LogP contribution in [0.4, 0.5) is 41.5 Å². The average molecular weight is 1770 g/mol. The molecule has 13 fully saturated rings. The van der Waals surface area contributed by atoms with Gasteiger partial charge in [-0.25, -0.2) is 38.6 Å². The minimum atomic E-state index is -4.49. The number of piperidine rings is 4. The van der Waals surface area contributed by atoms with E-state index in [1.807, 2.05) is 71.9 Å². The minimum absolute atomic E-state index is 0.0345. The van der Waals surface area contributed by atoms with Crippen LogP contribution in [0.3, 0.4) is 0 Å². The number of carbonyl (C=O) groups is 9. The van der Waals surface area contributed by atoms with Crippen LogP contribution in [0.2, 0.25) is 0 Å². The molecular weight excluding hydrogens is 1660 g/mol. The SMILES string of the molecule is C1CCOC1.CC(C)(C)OC(=O)CCc1nnc([C@@H]2CC3(CC3)[C@@H]3CN2C(=O)N3O)o1.CC(C)(C)OC(=O)CCc1nnc([C@@H]2CC3(CC3)[C@@H]3CN2C(=O)N3OCc2ccccc2)o1.CC(C)(C)OC(=O)NCc1nnc([C@@H]2CC3(CC3)[C@@H]3CN2C(=O)N3OC(F)(F)C(=O)OC(C)(C)C)o1.NCc1nnc([C@@H]2CC3(CC3)[C@@H]3CN2C(=O)N3OC(F)(F)C(=O)O)o1. The van der Waals surface area contributed by atoms with Gasteiger partial charge in [-0.3, -0.25) is 19.6 Å². The quantitative estimate of drug-likeness (QED) is 0.0216. The number of nitrogens with zero attached hydrogens (tertiary/aromatic N) is 16. The topological polar surface area (TPSA) is 488 Å². The van der Waals surface area contributed by atoms with E-state index >= 15 is 0 Å². The minimum Gasteiger partial charge on any atom is -0.475 e. The van der Waals surface area contributed by atoms with Crippen LogP contribution in [0.15, 0.2) is 48.0 Å². The number of amides is 9. The van der Waals surface area contributed by atoms with Gasteiger partial charge >= 0.3 is 66.3 Å². The Morgan fingerprint density at radius 2 is 0.840 bits per heavy atom. The molecule has 5 N–H and O–H groups in total. The fourth-order valence-electron chi connectivity index (χ4n) is 17.3. The van der Waals surface area contributed by atoms with Gasteiger partial charge in [-0.15, -0.1) is 40.8 Å². The molecule has 0 radical (unpaired) electrons. The van der Waals surface area contributed by atoms with E-state index in [0.29, 0.717) is 111 Å². The van der Waals surface area contributed by atoms with Crippen LogP contribution in [0.5, 0.6) is 0 Å². The number of esters is 3. The Balaban J connectivity index is 0.000000134. The fraction of sp³-hybridized carbons (Fsp3) is 0.713. The molecule has 13 aliphatic rings. The van der Waals surface area contributed by atoms with Gasteiger partial charge in [0.2, 0.25) is 47.1 Å². The first kappa shape index (κ1) is 90.7. The van der Waals surface area contributed by atoms with E-state index in [9.17, 15) is 65.9 Å². The molecule has 8 atom stereocenters. The number of ether oxygens (including phenoxy) is 5. The zero-order valence-electron chi connectivity index (χ0n) is 71.8. The molecule has 4 spiro atoms. The Bertz CT molecular complexity index is 4780. The lowest BCUT2D eigenvalue weighted by Gasteiger charge is -2.35. The Morgan fingerprint density at radius 1 is 0.480 bits per heavy atom. The number of aliphatic carboxylic acids is 1. The zero-order chi connectivity index (χ0) is 90.1. The third kappa shape index (κ3) is 20.5. The molecule has 4 saturated carbocycles. The summed E-state index contributed by atoms with van der Waals surface area (Å²) in [6.45, 7) is 24.1. The molecule has 9 aliphatic heterocycles. The van der Waals surface area contributed by atoms with E-state index in [1.165, 1.54) is 43.4 Å². The van der Waals surface area contributed by atoms with Crippen LogP contribution in [-0.2, 0) is 89.9 Å². The van der Waals surface area contributed by atoms with E-state index in [1.54, 1.807) is 35.6 Å². The van der Waals surface area contributed by atoms with Crippen molar-refractivity contribution in [3.05, 3.63) is 83.0 Å². The Hall–Kier alpha value is -10.5. The number of alkyl halides is 4. The summed E-state index contributed by atoms with van der Waals surface area (Å²) in [6, 6.07) is 4.38. The maximum Gasteiger partial charge on any atom is 0.477 e.